The van der Waals surface area contributed by atoms with Crippen LogP contribution in [0.4, 0.5) is 0 Å². The molecule has 1 unspecified atom stereocenters. The SMILES string of the molecule is Cc1ccc(C(Cl)c2cc3c(s2)CCC3)c2ccccc12. The maximum absolute atomic E-state index is 6.84. The fourth-order valence-corrected chi connectivity index (χ4v) is 4.97. The number of alkyl halides is 1. The minimum Gasteiger partial charge on any atom is -0.143 e. The summed E-state index contributed by atoms with van der Waals surface area (Å²) in [6, 6.07) is 15.3. The summed E-state index contributed by atoms with van der Waals surface area (Å²) >= 11 is 8.75. The normalized spacial score (nSPS) is 15.3. The van der Waals surface area contributed by atoms with E-state index in [4.69, 9.17) is 11.6 Å². The summed E-state index contributed by atoms with van der Waals surface area (Å²) in [7, 11) is 0. The largest absolute Gasteiger partial charge is 0.143 e. The Bertz CT molecular complexity index is 794. The molecule has 21 heavy (non-hydrogen) atoms. The minimum absolute atomic E-state index is 0.0360. The van der Waals surface area contributed by atoms with Gasteiger partial charge in [0.25, 0.3) is 0 Å². The highest BCUT2D eigenvalue weighted by molar-refractivity contribution is 7.12. The van der Waals surface area contributed by atoms with Gasteiger partial charge in [-0.2, -0.15) is 0 Å². The van der Waals surface area contributed by atoms with Crippen molar-refractivity contribution < 1.29 is 0 Å². The first-order valence-electron chi connectivity index (χ1n) is 7.48. The maximum Gasteiger partial charge on any atom is 0.0933 e. The average molecular weight is 313 g/mol. The smallest absolute Gasteiger partial charge is 0.0933 e. The third-order valence-electron chi connectivity index (χ3n) is 4.46. The zero-order valence-corrected chi connectivity index (χ0v) is 13.6. The third-order valence-corrected chi connectivity index (χ3v) is 6.37. The van der Waals surface area contributed by atoms with Gasteiger partial charge in [-0.25, -0.2) is 0 Å². The first-order chi connectivity index (χ1) is 10.2. The molecule has 0 bridgehead atoms. The fourth-order valence-electron chi connectivity index (χ4n) is 3.32. The number of benzene rings is 2. The Morgan fingerprint density at radius 2 is 1.86 bits per heavy atom. The summed E-state index contributed by atoms with van der Waals surface area (Å²) in [5.74, 6) is 0. The Balaban J connectivity index is 1.83. The molecule has 2 heteroatoms. The van der Waals surface area contributed by atoms with Crippen molar-refractivity contribution in [2.75, 3.05) is 0 Å². The lowest BCUT2D eigenvalue weighted by Gasteiger charge is -2.13. The van der Waals surface area contributed by atoms with Gasteiger partial charge < -0.3 is 0 Å². The molecule has 106 valence electrons. The van der Waals surface area contributed by atoms with Gasteiger partial charge in [-0.05, 0) is 59.7 Å². The molecule has 0 N–H and O–H groups in total. The molecular formula is C19H17ClS. The maximum atomic E-state index is 6.84. The van der Waals surface area contributed by atoms with E-state index in [-0.39, 0.29) is 5.38 Å². The molecule has 3 aromatic rings. The van der Waals surface area contributed by atoms with Crippen LogP contribution in [0.15, 0.2) is 42.5 Å². The van der Waals surface area contributed by atoms with Crippen LogP contribution in [-0.4, -0.2) is 0 Å². The Kier molecular flexibility index (Phi) is 3.28. The molecular weight excluding hydrogens is 296 g/mol. The number of fused-ring (bicyclic) bond motifs is 2. The van der Waals surface area contributed by atoms with Crippen molar-refractivity contribution in [2.45, 2.75) is 31.6 Å². The Labute approximate surface area is 134 Å². The van der Waals surface area contributed by atoms with E-state index in [2.05, 4.69) is 49.4 Å². The molecule has 0 spiro atoms. The van der Waals surface area contributed by atoms with Gasteiger partial charge >= 0.3 is 0 Å². The van der Waals surface area contributed by atoms with Crippen molar-refractivity contribution in [1.29, 1.82) is 0 Å². The van der Waals surface area contributed by atoms with Crippen molar-refractivity contribution in [2.24, 2.45) is 0 Å². The predicted molar refractivity (Wildman–Crippen MR) is 92.7 cm³/mol. The van der Waals surface area contributed by atoms with Gasteiger partial charge in [0.15, 0.2) is 0 Å². The van der Waals surface area contributed by atoms with Crippen LogP contribution >= 0.6 is 22.9 Å². The van der Waals surface area contributed by atoms with Gasteiger partial charge in [0, 0.05) is 9.75 Å². The molecule has 1 heterocycles. The van der Waals surface area contributed by atoms with Crippen LogP contribution in [0, 0.1) is 6.92 Å². The molecule has 0 aliphatic heterocycles. The van der Waals surface area contributed by atoms with Gasteiger partial charge in [0.1, 0.15) is 0 Å². The molecule has 0 saturated carbocycles. The van der Waals surface area contributed by atoms with Crippen molar-refractivity contribution in [1.82, 2.24) is 0 Å². The monoisotopic (exact) mass is 312 g/mol. The van der Waals surface area contributed by atoms with Gasteiger partial charge in [-0.1, -0.05) is 36.4 Å². The van der Waals surface area contributed by atoms with E-state index in [0.29, 0.717) is 0 Å². The van der Waals surface area contributed by atoms with Gasteiger partial charge in [0.2, 0.25) is 0 Å². The summed E-state index contributed by atoms with van der Waals surface area (Å²) in [6.07, 6.45) is 3.77. The lowest BCUT2D eigenvalue weighted by atomic mass is 9.97. The van der Waals surface area contributed by atoms with Crippen molar-refractivity contribution in [3.63, 3.8) is 0 Å². The molecule has 1 atom stereocenters. The lowest BCUT2D eigenvalue weighted by molar-refractivity contribution is 0.913. The lowest BCUT2D eigenvalue weighted by Crippen LogP contribution is -1.93. The zero-order chi connectivity index (χ0) is 14.4. The number of aryl methyl sites for hydroxylation is 3. The van der Waals surface area contributed by atoms with Crippen LogP contribution in [0.1, 0.15) is 38.2 Å². The number of rotatable bonds is 2. The summed E-state index contributed by atoms with van der Waals surface area (Å²) in [5, 5.41) is 2.56. The van der Waals surface area contributed by atoms with Crippen LogP contribution in [0.25, 0.3) is 10.8 Å². The van der Waals surface area contributed by atoms with E-state index in [1.807, 2.05) is 11.3 Å². The number of halogens is 1. The van der Waals surface area contributed by atoms with Crippen molar-refractivity contribution in [3.8, 4) is 0 Å². The summed E-state index contributed by atoms with van der Waals surface area (Å²) in [5.41, 5.74) is 4.07. The quantitative estimate of drug-likeness (QED) is 0.507. The number of hydrogen-bond acceptors (Lipinski definition) is 1. The van der Waals surface area contributed by atoms with Gasteiger partial charge in [-0.15, -0.1) is 22.9 Å². The highest BCUT2D eigenvalue weighted by atomic mass is 35.5. The molecule has 0 radical (unpaired) electrons. The molecule has 0 nitrogen and oxygen atoms in total. The second-order valence-corrected chi connectivity index (χ2v) is 7.44. The standard InChI is InChI=1S/C19H17ClS/c1-12-9-10-16(15-7-3-2-6-14(12)15)19(20)18-11-13-5-4-8-17(13)21-18/h2-3,6-7,9-11,19H,4-5,8H2,1H3. The number of thiophene rings is 1. The Hall–Kier alpha value is -1.31. The molecule has 0 fully saturated rings. The van der Waals surface area contributed by atoms with E-state index < -0.39 is 0 Å². The van der Waals surface area contributed by atoms with Crippen molar-refractivity contribution >= 4 is 33.7 Å². The molecule has 4 rings (SSSR count). The number of hydrogen-bond donors (Lipinski definition) is 0. The predicted octanol–water partition coefficient (Wildman–Crippen LogP) is 6.03. The fraction of sp³-hybridized carbons (Fsp3) is 0.263. The molecule has 2 aromatic carbocycles. The van der Waals surface area contributed by atoms with Crippen LogP contribution in [0.2, 0.25) is 0 Å². The second-order valence-electron chi connectivity index (χ2n) is 5.83. The third kappa shape index (κ3) is 2.20. The van der Waals surface area contributed by atoms with Crippen LogP contribution in [-0.2, 0) is 12.8 Å². The van der Waals surface area contributed by atoms with Crippen molar-refractivity contribution in [3.05, 3.63) is 68.9 Å². The molecule has 1 aliphatic rings. The van der Waals surface area contributed by atoms with E-state index in [0.717, 1.165) is 0 Å². The van der Waals surface area contributed by atoms with Crippen LogP contribution in [0.5, 0.6) is 0 Å². The zero-order valence-electron chi connectivity index (χ0n) is 12.0. The van der Waals surface area contributed by atoms with E-state index in [9.17, 15) is 0 Å². The van der Waals surface area contributed by atoms with Crippen LogP contribution in [0.3, 0.4) is 0 Å². The summed E-state index contributed by atoms with van der Waals surface area (Å²) in [6.45, 7) is 2.16. The van der Waals surface area contributed by atoms with Gasteiger partial charge in [-0.3, -0.25) is 0 Å². The van der Waals surface area contributed by atoms with Crippen LogP contribution < -0.4 is 0 Å². The summed E-state index contributed by atoms with van der Waals surface area (Å²) < 4.78 is 0. The molecule has 1 aromatic heterocycles. The second kappa shape index (κ2) is 5.15. The van der Waals surface area contributed by atoms with E-state index >= 15 is 0 Å². The first-order valence-corrected chi connectivity index (χ1v) is 8.73. The average Bonchev–Trinajstić information content (AvgIpc) is 3.08. The highest BCUT2D eigenvalue weighted by Crippen LogP contribution is 2.41. The molecule has 1 aliphatic carbocycles. The molecule has 0 amide bonds. The highest BCUT2D eigenvalue weighted by Gasteiger charge is 2.21. The first kappa shape index (κ1) is 13.4. The topological polar surface area (TPSA) is 0 Å². The Morgan fingerprint density at radius 3 is 2.67 bits per heavy atom. The van der Waals surface area contributed by atoms with E-state index in [1.54, 1.807) is 4.88 Å². The summed E-state index contributed by atoms with van der Waals surface area (Å²) in [4.78, 5) is 2.85. The minimum atomic E-state index is -0.0360. The molecule has 0 saturated heterocycles. The van der Waals surface area contributed by atoms with E-state index in [1.165, 1.54) is 51.6 Å². The van der Waals surface area contributed by atoms with Gasteiger partial charge in [0.05, 0.1) is 5.38 Å². The Morgan fingerprint density at radius 1 is 1.05 bits per heavy atom.